The number of hydrogen-bond acceptors (Lipinski definition) is 8. The maximum atomic E-state index is 12.1. The van der Waals surface area contributed by atoms with E-state index in [1.165, 1.54) is 12.0 Å². The van der Waals surface area contributed by atoms with Crippen LogP contribution in [-0.4, -0.2) is 66.5 Å². The number of ether oxygens (including phenoxy) is 2. The number of aryl methyl sites for hydroxylation is 1. The third-order valence-electron chi connectivity index (χ3n) is 7.08. The van der Waals surface area contributed by atoms with Gasteiger partial charge in [0.1, 0.15) is 0 Å². The molecule has 178 valence electrons. The van der Waals surface area contributed by atoms with Crippen molar-refractivity contribution in [2.24, 2.45) is 5.92 Å². The van der Waals surface area contributed by atoms with Crippen molar-refractivity contribution in [2.75, 3.05) is 44.2 Å². The second-order valence-corrected chi connectivity index (χ2v) is 9.38. The molecule has 1 aliphatic carbocycles. The van der Waals surface area contributed by atoms with Crippen molar-refractivity contribution in [3.8, 4) is 11.7 Å². The number of fused-ring (bicyclic) bond motifs is 1. The molecule has 5 rings (SSSR count). The van der Waals surface area contributed by atoms with E-state index in [1.807, 2.05) is 6.20 Å². The predicted molar refractivity (Wildman–Crippen MR) is 123 cm³/mol. The first kappa shape index (κ1) is 22.0. The quantitative estimate of drug-likeness (QED) is 0.710. The van der Waals surface area contributed by atoms with Crippen molar-refractivity contribution in [1.29, 1.82) is 0 Å². The Labute approximate surface area is 194 Å². The molecule has 0 radical (unpaired) electrons. The number of carbonyl (C=O) groups is 1. The third-order valence-corrected chi connectivity index (χ3v) is 7.08. The highest BCUT2D eigenvalue weighted by molar-refractivity contribution is 5.70. The Hall–Kier alpha value is -2.81. The minimum atomic E-state index is -0.462. The van der Waals surface area contributed by atoms with Crippen LogP contribution in [0.1, 0.15) is 43.4 Å². The fourth-order valence-corrected chi connectivity index (χ4v) is 5.14. The van der Waals surface area contributed by atoms with E-state index in [0.717, 1.165) is 88.9 Å². The monoisotopic (exact) mass is 455 g/mol. The zero-order valence-electron chi connectivity index (χ0n) is 19.3. The van der Waals surface area contributed by atoms with Gasteiger partial charge in [0.05, 0.1) is 12.3 Å². The molecular formula is C24H33N5O4. The molecule has 4 heterocycles. The van der Waals surface area contributed by atoms with Gasteiger partial charge in [0.25, 0.3) is 0 Å². The van der Waals surface area contributed by atoms with Crippen LogP contribution in [0, 0.1) is 12.8 Å². The molecule has 1 saturated heterocycles. The van der Waals surface area contributed by atoms with Gasteiger partial charge in [0, 0.05) is 56.5 Å². The topological polar surface area (TPSA) is 93.0 Å². The van der Waals surface area contributed by atoms with Crippen molar-refractivity contribution >= 4 is 11.9 Å². The van der Waals surface area contributed by atoms with E-state index < -0.39 is 6.09 Å². The van der Waals surface area contributed by atoms with Gasteiger partial charge in [0.2, 0.25) is 0 Å². The fourth-order valence-electron chi connectivity index (χ4n) is 5.14. The van der Waals surface area contributed by atoms with E-state index in [1.54, 1.807) is 13.0 Å². The lowest BCUT2D eigenvalue weighted by Crippen LogP contribution is -2.47. The largest absolute Gasteiger partial charge is 0.489 e. The standard InChI is InChI=1S/C24H33N5O4/c1-17-16-21(33-27-17)32-24(30)26-20-4-2-18(3-5-20)7-10-28-11-13-29(14-12-28)23-22-19(6-9-25-23)8-15-31-22/h6,9,16,18,20H,2-5,7-8,10-15H2,1H3,(H,26,30). The minimum absolute atomic E-state index is 0.138. The van der Waals surface area contributed by atoms with Gasteiger partial charge < -0.3 is 24.2 Å². The van der Waals surface area contributed by atoms with E-state index in [0.29, 0.717) is 5.69 Å². The number of piperazine rings is 1. The van der Waals surface area contributed by atoms with Crippen molar-refractivity contribution < 1.29 is 18.8 Å². The molecule has 9 nitrogen and oxygen atoms in total. The van der Waals surface area contributed by atoms with E-state index in [9.17, 15) is 4.79 Å². The van der Waals surface area contributed by atoms with Gasteiger partial charge in [-0.3, -0.25) is 4.90 Å². The van der Waals surface area contributed by atoms with Gasteiger partial charge in [-0.15, -0.1) is 0 Å². The number of amides is 1. The van der Waals surface area contributed by atoms with Gasteiger partial charge in [0.15, 0.2) is 11.6 Å². The lowest BCUT2D eigenvalue weighted by molar-refractivity contribution is 0.167. The molecule has 1 saturated carbocycles. The van der Waals surface area contributed by atoms with Crippen LogP contribution in [0.25, 0.3) is 0 Å². The first-order valence-electron chi connectivity index (χ1n) is 12.1. The molecule has 0 aromatic carbocycles. The number of aromatic nitrogens is 2. The van der Waals surface area contributed by atoms with E-state index >= 15 is 0 Å². The van der Waals surface area contributed by atoms with Crippen LogP contribution in [0.4, 0.5) is 10.6 Å². The Morgan fingerprint density at radius 1 is 1.21 bits per heavy atom. The molecule has 3 aliphatic rings. The molecule has 1 amide bonds. The Morgan fingerprint density at radius 3 is 2.79 bits per heavy atom. The molecule has 2 aromatic heterocycles. The normalized spacial score (nSPS) is 23.1. The molecular weight excluding hydrogens is 422 g/mol. The van der Waals surface area contributed by atoms with Crippen LogP contribution < -0.4 is 19.7 Å². The summed E-state index contributed by atoms with van der Waals surface area (Å²) in [5.74, 6) is 2.88. The minimum Gasteiger partial charge on any atom is -0.489 e. The molecule has 0 spiro atoms. The van der Waals surface area contributed by atoms with E-state index in [-0.39, 0.29) is 12.0 Å². The van der Waals surface area contributed by atoms with Crippen molar-refractivity contribution in [2.45, 2.75) is 51.5 Å². The summed E-state index contributed by atoms with van der Waals surface area (Å²) in [5, 5.41) is 6.68. The first-order valence-corrected chi connectivity index (χ1v) is 12.1. The van der Waals surface area contributed by atoms with Gasteiger partial charge in [-0.05, 0) is 57.6 Å². The average molecular weight is 456 g/mol. The Balaban J connectivity index is 0.997. The van der Waals surface area contributed by atoms with Gasteiger partial charge in [-0.25, -0.2) is 9.78 Å². The number of hydrogen-bond donors (Lipinski definition) is 1. The third kappa shape index (κ3) is 5.40. The van der Waals surface area contributed by atoms with Crippen LogP contribution in [0.3, 0.4) is 0 Å². The lowest BCUT2D eigenvalue weighted by Gasteiger charge is -2.37. The summed E-state index contributed by atoms with van der Waals surface area (Å²) in [4.78, 5) is 21.6. The number of pyridine rings is 1. The number of nitrogens with zero attached hydrogens (tertiary/aromatic N) is 4. The summed E-state index contributed by atoms with van der Waals surface area (Å²) in [6.07, 6.45) is 7.93. The molecule has 33 heavy (non-hydrogen) atoms. The Kier molecular flexibility index (Phi) is 6.66. The van der Waals surface area contributed by atoms with Crippen molar-refractivity contribution in [1.82, 2.24) is 20.4 Å². The summed E-state index contributed by atoms with van der Waals surface area (Å²) in [6.45, 7) is 7.82. The van der Waals surface area contributed by atoms with Crippen LogP contribution in [-0.2, 0) is 6.42 Å². The smallest absolute Gasteiger partial charge is 0.415 e. The average Bonchev–Trinajstić information content (AvgIpc) is 3.47. The van der Waals surface area contributed by atoms with Gasteiger partial charge in [-0.1, -0.05) is 5.16 Å². The fraction of sp³-hybridized carbons (Fsp3) is 0.625. The maximum Gasteiger partial charge on any atom is 0.415 e. The molecule has 0 bridgehead atoms. The molecule has 9 heteroatoms. The Morgan fingerprint density at radius 2 is 2.03 bits per heavy atom. The maximum absolute atomic E-state index is 12.1. The van der Waals surface area contributed by atoms with Crippen LogP contribution in [0.15, 0.2) is 22.9 Å². The molecule has 2 fully saturated rings. The van der Waals surface area contributed by atoms with Crippen LogP contribution in [0.2, 0.25) is 0 Å². The van der Waals surface area contributed by atoms with Crippen molar-refractivity contribution in [3.63, 3.8) is 0 Å². The second kappa shape index (κ2) is 9.99. The number of anilines is 1. The lowest BCUT2D eigenvalue weighted by atomic mass is 9.84. The summed E-state index contributed by atoms with van der Waals surface area (Å²) in [5.41, 5.74) is 1.97. The molecule has 2 aliphatic heterocycles. The number of nitrogens with one attached hydrogen (secondary N) is 1. The van der Waals surface area contributed by atoms with Gasteiger partial charge >= 0.3 is 12.0 Å². The van der Waals surface area contributed by atoms with Crippen molar-refractivity contribution in [3.05, 3.63) is 29.6 Å². The van der Waals surface area contributed by atoms with E-state index in [4.69, 9.17) is 14.0 Å². The zero-order chi connectivity index (χ0) is 22.6. The summed E-state index contributed by atoms with van der Waals surface area (Å²) >= 11 is 0. The highest BCUT2D eigenvalue weighted by Crippen LogP contribution is 2.34. The summed E-state index contributed by atoms with van der Waals surface area (Å²) in [6, 6.07) is 3.85. The van der Waals surface area contributed by atoms with Crippen LogP contribution in [0.5, 0.6) is 11.7 Å². The second-order valence-electron chi connectivity index (χ2n) is 9.38. The van der Waals surface area contributed by atoms with Gasteiger partial charge in [-0.2, -0.15) is 0 Å². The molecule has 0 atom stereocenters. The molecule has 0 unspecified atom stereocenters. The molecule has 1 N–H and O–H groups in total. The SMILES string of the molecule is Cc1cc(OC(=O)NC2CCC(CCN3CCN(c4nccc5c4OCC5)CC3)CC2)on1. The summed E-state index contributed by atoms with van der Waals surface area (Å²) < 4.78 is 15.9. The zero-order valence-corrected chi connectivity index (χ0v) is 19.3. The highest BCUT2D eigenvalue weighted by Gasteiger charge is 2.27. The Bertz CT molecular complexity index is 948. The van der Waals surface area contributed by atoms with E-state index in [2.05, 4.69) is 31.3 Å². The first-order chi connectivity index (χ1) is 16.1. The predicted octanol–water partition coefficient (Wildman–Crippen LogP) is 3.17. The number of rotatable bonds is 6. The highest BCUT2D eigenvalue weighted by atomic mass is 16.7. The van der Waals surface area contributed by atoms with Crippen LogP contribution >= 0.6 is 0 Å². The number of carbonyl (C=O) groups excluding carboxylic acids is 1. The summed E-state index contributed by atoms with van der Waals surface area (Å²) in [7, 11) is 0. The molecule has 2 aromatic rings.